The van der Waals surface area contributed by atoms with Crippen LogP contribution in [0.4, 0.5) is 0 Å². The average molecular weight is 582 g/mol. The maximum absolute atomic E-state index is 12.2. The predicted molar refractivity (Wildman–Crippen MR) is 126 cm³/mol. The van der Waals surface area contributed by atoms with Gasteiger partial charge in [0.25, 0.3) is 0 Å². The first-order valence-corrected chi connectivity index (χ1v) is 14.3. The van der Waals surface area contributed by atoms with Gasteiger partial charge in [-0.05, 0) is 61.4 Å². The molecule has 0 heterocycles. The molecule has 0 aliphatic carbocycles. The number of halogens is 2. The van der Waals surface area contributed by atoms with Crippen LogP contribution in [0.2, 0.25) is 0 Å². The monoisotopic (exact) mass is 580 g/mol. The predicted octanol–water partition coefficient (Wildman–Crippen LogP) is 4.81. The summed E-state index contributed by atoms with van der Waals surface area (Å²) in [6.45, 7) is 0.816. The molecule has 0 bridgehead atoms. The maximum atomic E-state index is 12.2. The van der Waals surface area contributed by atoms with Gasteiger partial charge in [-0.3, -0.25) is 0 Å². The Labute approximate surface area is 196 Å². The Kier molecular flexibility index (Phi) is 10.5. The van der Waals surface area contributed by atoms with Gasteiger partial charge in [-0.1, -0.05) is 57.5 Å². The molecule has 30 heavy (non-hydrogen) atoms. The van der Waals surface area contributed by atoms with E-state index in [1.165, 1.54) is 0 Å². The van der Waals surface area contributed by atoms with E-state index < -0.39 is 20.0 Å². The van der Waals surface area contributed by atoms with E-state index in [1.54, 1.807) is 48.5 Å². The van der Waals surface area contributed by atoms with Crippen LogP contribution in [0.3, 0.4) is 0 Å². The van der Waals surface area contributed by atoms with E-state index >= 15 is 0 Å². The second kappa shape index (κ2) is 12.3. The molecule has 0 saturated heterocycles. The zero-order valence-corrected chi connectivity index (χ0v) is 21.3. The zero-order valence-electron chi connectivity index (χ0n) is 16.5. The number of nitrogens with one attached hydrogen (secondary N) is 2. The molecule has 6 nitrogen and oxygen atoms in total. The average Bonchev–Trinajstić information content (AvgIpc) is 2.70. The van der Waals surface area contributed by atoms with Gasteiger partial charge in [0.15, 0.2) is 0 Å². The van der Waals surface area contributed by atoms with Crippen LogP contribution in [0.15, 0.2) is 67.3 Å². The van der Waals surface area contributed by atoms with E-state index in [1.807, 2.05) is 0 Å². The lowest BCUT2D eigenvalue weighted by molar-refractivity contribution is 0.556. The number of unbranched alkanes of at least 4 members (excludes halogenated alkanes) is 5. The van der Waals surface area contributed by atoms with Gasteiger partial charge in [0.2, 0.25) is 20.0 Å². The first kappa shape index (κ1) is 25.5. The Morgan fingerprint density at radius 2 is 0.833 bits per heavy atom. The molecule has 0 spiro atoms. The van der Waals surface area contributed by atoms with Crippen LogP contribution in [-0.2, 0) is 20.0 Å². The van der Waals surface area contributed by atoms with Crippen LogP contribution in [0.5, 0.6) is 0 Å². The molecule has 0 unspecified atom stereocenters. The smallest absolute Gasteiger partial charge is 0.211 e. The molecule has 0 aliphatic rings. The Morgan fingerprint density at radius 1 is 0.533 bits per heavy atom. The summed E-state index contributed by atoms with van der Waals surface area (Å²) in [5, 5.41) is 0. The molecule has 2 aromatic carbocycles. The first-order valence-electron chi connectivity index (χ1n) is 9.71. The summed E-state index contributed by atoms with van der Waals surface area (Å²) in [6, 6.07) is 13.1. The standard InChI is InChI=1S/C20H26Br2N2O4S2/c21-17-7-11-19(12-8-17)29(25,26)23-15-5-3-1-2-4-6-16-24-30(27,28)20-13-9-18(22)10-14-20/h7-14,23-24H,1-6,15-16H2. The summed E-state index contributed by atoms with van der Waals surface area (Å²) >= 11 is 6.58. The van der Waals surface area contributed by atoms with E-state index in [4.69, 9.17) is 0 Å². The van der Waals surface area contributed by atoms with Crippen molar-refractivity contribution in [2.75, 3.05) is 13.1 Å². The molecule has 0 aliphatic heterocycles. The number of hydrogen-bond acceptors (Lipinski definition) is 4. The van der Waals surface area contributed by atoms with Crippen LogP contribution in [0.1, 0.15) is 38.5 Å². The van der Waals surface area contributed by atoms with Crippen molar-refractivity contribution in [3.05, 3.63) is 57.5 Å². The summed E-state index contributed by atoms with van der Waals surface area (Å²) in [4.78, 5) is 0.521. The van der Waals surface area contributed by atoms with Gasteiger partial charge in [0.05, 0.1) is 9.79 Å². The molecule has 166 valence electrons. The summed E-state index contributed by atoms with van der Waals surface area (Å²) in [7, 11) is -6.92. The van der Waals surface area contributed by atoms with Crippen molar-refractivity contribution in [3.63, 3.8) is 0 Å². The SMILES string of the molecule is O=S(=O)(NCCCCCCCCNS(=O)(=O)c1ccc(Br)cc1)c1ccc(Br)cc1. The highest BCUT2D eigenvalue weighted by molar-refractivity contribution is 9.10. The van der Waals surface area contributed by atoms with Crippen LogP contribution >= 0.6 is 31.9 Å². The zero-order chi connectivity index (χ0) is 22.0. The second-order valence-corrected chi connectivity index (χ2v) is 12.2. The second-order valence-electron chi connectivity index (χ2n) is 6.82. The largest absolute Gasteiger partial charge is 0.240 e. The van der Waals surface area contributed by atoms with Crippen LogP contribution in [0.25, 0.3) is 0 Å². The molecule has 0 fully saturated rings. The number of rotatable bonds is 13. The summed E-state index contributed by atoms with van der Waals surface area (Å²) < 4.78 is 55.6. The van der Waals surface area contributed by atoms with Crippen molar-refractivity contribution in [1.82, 2.24) is 9.44 Å². The normalized spacial score (nSPS) is 12.2. The molecule has 0 saturated carbocycles. The molecule has 0 amide bonds. The Bertz CT molecular complexity index is 911. The molecule has 0 aromatic heterocycles. The molecule has 2 N–H and O–H groups in total. The molecular weight excluding hydrogens is 556 g/mol. The lowest BCUT2D eigenvalue weighted by Crippen LogP contribution is -2.25. The highest BCUT2D eigenvalue weighted by Crippen LogP contribution is 2.16. The fourth-order valence-electron chi connectivity index (χ4n) is 2.76. The number of benzene rings is 2. The van der Waals surface area contributed by atoms with Gasteiger partial charge in [0, 0.05) is 22.0 Å². The molecule has 2 rings (SSSR count). The highest BCUT2D eigenvalue weighted by atomic mass is 79.9. The van der Waals surface area contributed by atoms with Crippen molar-refractivity contribution < 1.29 is 16.8 Å². The van der Waals surface area contributed by atoms with Crippen molar-refractivity contribution in [2.24, 2.45) is 0 Å². The van der Waals surface area contributed by atoms with Gasteiger partial charge >= 0.3 is 0 Å². The third-order valence-corrected chi connectivity index (χ3v) is 8.45. The minimum atomic E-state index is -3.46. The Hall–Kier alpha value is -0.780. The highest BCUT2D eigenvalue weighted by Gasteiger charge is 2.13. The summed E-state index contributed by atoms with van der Waals surface area (Å²) in [5.74, 6) is 0. The molecule has 0 atom stereocenters. The molecular formula is C20H26Br2N2O4S2. The third-order valence-electron chi connectivity index (χ3n) is 4.44. The molecule has 0 radical (unpaired) electrons. The topological polar surface area (TPSA) is 92.3 Å². The summed E-state index contributed by atoms with van der Waals surface area (Å²) in [5.41, 5.74) is 0. The lowest BCUT2D eigenvalue weighted by Gasteiger charge is -2.08. The van der Waals surface area contributed by atoms with Crippen molar-refractivity contribution in [3.8, 4) is 0 Å². The minimum absolute atomic E-state index is 0.260. The van der Waals surface area contributed by atoms with Crippen molar-refractivity contribution in [1.29, 1.82) is 0 Å². The van der Waals surface area contributed by atoms with Crippen LogP contribution in [0, 0.1) is 0 Å². The minimum Gasteiger partial charge on any atom is -0.211 e. The van der Waals surface area contributed by atoms with E-state index in [0.29, 0.717) is 13.1 Å². The van der Waals surface area contributed by atoms with E-state index in [-0.39, 0.29) is 9.79 Å². The van der Waals surface area contributed by atoms with E-state index in [9.17, 15) is 16.8 Å². The van der Waals surface area contributed by atoms with Crippen LogP contribution in [-0.4, -0.2) is 29.9 Å². The summed E-state index contributed by atoms with van der Waals surface area (Å²) in [6.07, 6.45) is 5.36. The van der Waals surface area contributed by atoms with E-state index in [0.717, 1.165) is 47.5 Å². The van der Waals surface area contributed by atoms with Gasteiger partial charge in [0.1, 0.15) is 0 Å². The van der Waals surface area contributed by atoms with Gasteiger partial charge in [-0.25, -0.2) is 26.3 Å². The quantitative estimate of drug-likeness (QED) is 0.332. The lowest BCUT2D eigenvalue weighted by atomic mass is 10.1. The number of sulfonamides is 2. The fraction of sp³-hybridized carbons (Fsp3) is 0.400. The third kappa shape index (κ3) is 8.76. The van der Waals surface area contributed by atoms with Crippen molar-refractivity contribution >= 4 is 51.9 Å². The van der Waals surface area contributed by atoms with E-state index in [2.05, 4.69) is 41.3 Å². The maximum Gasteiger partial charge on any atom is 0.240 e. The molecule has 2 aromatic rings. The van der Waals surface area contributed by atoms with Gasteiger partial charge < -0.3 is 0 Å². The van der Waals surface area contributed by atoms with Gasteiger partial charge in [-0.15, -0.1) is 0 Å². The first-order chi connectivity index (χ1) is 14.2. The van der Waals surface area contributed by atoms with Crippen molar-refractivity contribution in [2.45, 2.75) is 48.3 Å². The fourth-order valence-corrected chi connectivity index (χ4v) is 5.44. The Morgan fingerprint density at radius 3 is 1.17 bits per heavy atom. The van der Waals surface area contributed by atoms with Crippen LogP contribution < -0.4 is 9.44 Å². The number of hydrogen-bond donors (Lipinski definition) is 2. The molecule has 10 heteroatoms. The van der Waals surface area contributed by atoms with Gasteiger partial charge in [-0.2, -0.15) is 0 Å². The Balaban J connectivity index is 1.54.